The molecule has 1 N–H and O–H groups in total. The van der Waals surface area contributed by atoms with Gasteiger partial charge < -0.3 is 5.32 Å². The number of nitrogens with zero attached hydrogens (tertiary/aromatic N) is 2. The highest BCUT2D eigenvalue weighted by atomic mass is 32.2. The van der Waals surface area contributed by atoms with Gasteiger partial charge in [0.2, 0.25) is 10.0 Å². The van der Waals surface area contributed by atoms with Gasteiger partial charge in [0.1, 0.15) is 10.7 Å². The number of nitrogens with one attached hydrogen (secondary N) is 1. The van der Waals surface area contributed by atoms with Crippen molar-refractivity contribution in [3.63, 3.8) is 0 Å². The van der Waals surface area contributed by atoms with Gasteiger partial charge in [0.05, 0.1) is 0 Å². The van der Waals surface area contributed by atoms with Crippen molar-refractivity contribution < 1.29 is 8.42 Å². The number of hydrogen-bond donors (Lipinski definition) is 1. The summed E-state index contributed by atoms with van der Waals surface area (Å²) in [6, 6.07) is 11.1. The standard InChI is InChI=1S/C16H21N3O2S/c1-4-19(5-2)22(20,21)14-10-11-16(17-12-14)18-15-9-7-6-8-13(15)3/h6-12H,4-5H2,1-3H3,(H,17,18). The molecule has 0 fully saturated rings. The van der Waals surface area contributed by atoms with E-state index >= 15 is 0 Å². The molecule has 0 aliphatic heterocycles. The number of hydrogen-bond acceptors (Lipinski definition) is 4. The van der Waals surface area contributed by atoms with E-state index in [1.807, 2.05) is 45.0 Å². The molecular formula is C16H21N3O2S. The lowest BCUT2D eigenvalue weighted by atomic mass is 10.2. The van der Waals surface area contributed by atoms with Crippen LogP contribution in [0.3, 0.4) is 0 Å². The molecule has 0 bridgehead atoms. The molecule has 118 valence electrons. The first-order valence-corrected chi connectivity index (χ1v) is 8.72. The number of benzene rings is 1. The molecular weight excluding hydrogens is 298 g/mol. The summed E-state index contributed by atoms with van der Waals surface area (Å²) in [6.07, 6.45) is 1.40. The van der Waals surface area contributed by atoms with Crippen molar-refractivity contribution in [2.24, 2.45) is 0 Å². The van der Waals surface area contributed by atoms with Gasteiger partial charge in [0.25, 0.3) is 0 Å². The highest BCUT2D eigenvalue weighted by Gasteiger charge is 2.21. The van der Waals surface area contributed by atoms with Gasteiger partial charge in [0, 0.05) is 25.0 Å². The lowest BCUT2D eigenvalue weighted by Crippen LogP contribution is -2.30. The SMILES string of the molecule is CCN(CC)S(=O)(=O)c1ccc(Nc2ccccc2C)nc1. The molecule has 0 aliphatic carbocycles. The normalized spacial score (nSPS) is 11.6. The summed E-state index contributed by atoms with van der Waals surface area (Å²) in [7, 11) is -3.46. The molecule has 5 nitrogen and oxygen atoms in total. The van der Waals surface area contributed by atoms with E-state index in [0.717, 1.165) is 11.3 Å². The van der Waals surface area contributed by atoms with Crippen molar-refractivity contribution in [2.45, 2.75) is 25.7 Å². The lowest BCUT2D eigenvalue weighted by Gasteiger charge is -2.18. The summed E-state index contributed by atoms with van der Waals surface area (Å²) < 4.78 is 26.2. The van der Waals surface area contributed by atoms with E-state index in [1.54, 1.807) is 12.1 Å². The topological polar surface area (TPSA) is 62.3 Å². The van der Waals surface area contributed by atoms with Crippen LogP contribution in [0.15, 0.2) is 47.5 Å². The van der Waals surface area contributed by atoms with E-state index in [2.05, 4.69) is 10.3 Å². The van der Waals surface area contributed by atoms with Crippen LogP contribution in [0.25, 0.3) is 0 Å². The zero-order valence-corrected chi connectivity index (χ0v) is 13.9. The molecule has 1 aromatic carbocycles. The maximum atomic E-state index is 12.4. The first-order valence-electron chi connectivity index (χ1n) is 7.28. The molecule has 0 saturated heterocycles. The Balaban J connectivity index is 2.22. The fraction of sp³-hybridized carbons (Fsp3) is 0.312. The molecule has 0 saturated carbocycles. The fourth-order valence-corrected chi connectivity index (χ4v) is 3.57. The zero-order chi connectivity index (χ0) is 16.2. The third kappa shape index (κ3) is 3.45. The largest absolute Gasteiger partial charge is 0.340 e. The highest BCUT2D eigenvalue weighted by molar-refractivity contribution is 7.89. The van der Waals surface area contributed by atoms with Gasteiger partial charge in [0.15, 0.2) is 0 Å². The molecule has 2 rings (SSSR count). The second-order valence-electron chi connectivity index (χ2n) is 4.91. The van der Waals surface area contributed by atoms with Gasteiger partial charge in [-0.1, -0.05) is 32.0 Å². The summed E-state index contributed by atoms with van der Waals surface area (Å²) in [5.41, 5.74) is 2.05. The Morgan fingerprint density at radius 3 is 2.32 bits per heavy atom. The monoisotopic (exact) mass is 319 g/mol. The van der Waals surface area contributed by atoms with Crippen LogP contribution in [-0.4, -0.2) is 30.8 Å². The Morgan fingerprint density at radius 2 is 1.77 bits per heavy atom. The van der Waals surface area contributed by atoms with Crippen LogP contribution < -0.4 is 5.32 Å². The smallest absolute Gasteiger partial charge is 0.244 e. The van der Waals surface area contributed by atoms with Gasteiger partial charge in [-0.2, -0.15) is 4.31 Å². The van der Waals surface area contributed by atoms with Gasteiger partial charge in [-0.3, -0.25) is 0 Å². The minimum absolute atomic E-state index is 0.214. The molecule has 0 unspecified atom stereocenters. The third-order valence-electron chi connectivity index (χ3n) is 3.49. The molecule has 0 radical (unpaired) electrons. The van der Waals surface area contributed by atoms with Gasteiger partial charge in [-0.25, -0.2) is 13.4 Å². The third-order valence-corrected chi connectivity index (χ3v) is 5.52. The van der Waals surface area contributed by atoms with E-state index in [0.29, 0.717) is 18.9 Å². The molecule has 6 heteroatoms. The minimum atomic E-state index is -3.46. The number of rotatable bonds is 6. The minimum Gasteiger partial charge on any atom is -0.340 e. The van der Waals surface area contributed by atoms with Gasteiger partial charge >= 0.3 is 0 Å². The molecule has 22 heavy (non-hydrogen) atoms. The van der Waals surface area contributed by atoms with Gasteiger partial charge in [-0.15, -0.1) is 0 Å². The first kappa shape index (κ1) is 16.5. The van der Waals surface area contributed by atoms with Crippen LogP contribution in [0.2, 0.25) is 0 Å². The Kier molecular flexibility index (Phi) is 5.15. The van der Waals surface area contributed by atoms with E-state index in [4.69, 9.17) is 0 Å². The summed E-state index contributed by atoms with van der Waals surface area (Å²) in [6.45, 7) is 6.54. The van der Waals surface area contributed by atoms with Crippen LogP contribution in [0.1, 0.15) is 19.4 Å². The Labute approximate surface area is 132 Å². The predicted molar refractivity (Wildman–Crippen MR) is 88.8 cm³/mol. The summed E-state index contributed by atoms with van der Waals surface area (Å²) in [5, 5.41) is 3.19. The van der Waals surface area contributed by atoms with E-state index in [1.165, 1.54) is 10.5 Å². The molecule has 0 atom stereocenters. The van der Waals surface area contributed by atoms with Crippen molar-refractivity contribution in [1.29, 1.82) is 0 Å². The molecule has 0 amide bonds. The quantitative estimate of drug-likeness (QED) is 0.888. The second kappa shape index (κ2) is 6.89. The van der Waals surface area contributed by atoms with Crippen molar-refractivity contribution in [1.82, 2.24) is 9.29 Å². The van der Waals surface area contributed by atoms with E-state index < -0.39 is 10.0 Å². The van der Waals surface area contributed by atoms with E-state index in [9.17, 15) is 8.42 Å². The number of aryl methyl sites for hydroxylation is 1. The number of para-hydroxylation sites is 1. The van der Waals surface area contributed by atoms with Crippen LogP contribution in [0.4, 0.5) is 11.5 Å². The van der Waals surface area contributed by atoms with Crippen molar-refractivity contribution in [2.75, 3.05) is 18.4 Å². The summed E-state index contributed by atoms with van der Waals surface area (Å²) >= 11 is 0. The predicted octanol–water partition coefficient (Wildman–Crippen LogP) is 3.16. The van der Waals surface area contributed by atoms with Crippen molar-refractivity contribution in [3.05, 3.63) is 48.2 Å². The molecule has 1 aromatic heterocycles. The highest BCUT2D eigenvalue weighted by Crippen LogP contribution is 2.20. The van der Waals surface area contributed by atoms with Crippen LogP contribution >= 0.6 is 0 Å². The van der Waals surface area contributed by atoms with Crippen LogP contribution in [-0.2, 0) is 10.0 Å². The number of aromatic nitrogens is 1. The number of pyridine rings is 1. The molecule has 0 aliphatic rings. The molecule has 2 aromatic rings. The maximum absolute atomic E-state index is 12.4. The molecule has 1 heterocycles. The average molecular weight is 319 g/mol. The van der Waals surface area contributed by atoms with Crippen molar-refractivity contribution in [3.8, 4) is 0 Å². The Bertz CT molecular complexity index is 723. The maximum Gasteiger partial charge on any atom is 0.244 e. The Morgan fingerprint density at radius 1 is 1.09 bits per heavy atom. The Hall–Kier alpha value is -1.92. The first-order chi connectivity index (χ1) is 10.5. The number of sulfonamides is 1. The number of anilines is 2. The van der Waals surface area contributed by atoms with Crippen LogP contribution in [0, 0.1) is 6.92 Å². The molecule has 0 spiro atoms. The summed E-state index contributed by atoms with van der Waals surface area (Å²) in [4.78, 5) is 4.43. The zero-order valence-electron chi connectivity index (χ0n) is 13.1. The average Bonchev–Trinajstić information content (AvgIpc) is 2.51. The fourth-order valence-electron chi connectivity index (χ4n) is 2.17. The van der Waals surface area contributed by atoms with Gasteiger partial charge in [-0.05, 0) is 30.7 Å². The lowest BCUT2D eigenvalue weighted by molar-refractivity contribution is 0.445. The van der Waals surface area contributed by atoms with E-state index in [-0.39, 0.29) is 4.90 Å². The second-order valence-corrected chi connectivity index (χ2v) is 6.85. The van der Waals surface area contributed by atoms with Crippen molar-refractivity contribution >= 4 is 21.5 Å². The van der Waals surface area contributed by atoms with Crippen LogP contribution in [0.5, 0.6) is 0 Å². The summed E-state index contributed by atoms with van der Waals surface area (Å²) in [5.74, 6) is 0.618.